The number of benzene rings is 1. The summed E-state index contributed by atoms with van der Waals surface area (Å²) in [5, 5.41) is 0.314. The van der Waals surface area contributed by atoms with Crippen LogP contribution in [-0.4, -0.2) is 40.0 Å². The number of nitrogen functional groups attached to an aromatic ring is 1. The zero-order chi connectivity index (χ0) is 14.6. The average Bonchev–Trinajstić information content (AvgIpc) is 2.33. The van der Waals surface area contributed by atoms with Crippen LogP contribution in [0.5, 0.6) is 0 Å². The lowest BCUT2D eigenvalue weighted by Crippen LogP contribution is -2.33. The summed E-state index contributed by atoms with van der Waals surface area (Å²) in [5.74, 6) is 0. The Labute approximate surface area is 119 Å². The molecule has 0 aliphatic rings. The number of likely N-dealkylation sites (N-methyl/N-ethyl adjacent to an activating group) is 1. The van der Waals surface area contributed by atoms with Gasteiger partial charge in [0.2, 0.25) is 10.0 Å². The molecule has 0 saturated heterocycles. The van der Waals surface area contributed by atoms with E-state index >= 15 is 0 Å². The maximum absolute atomic E-state index is 12.2. The Morgan fingerprint density at radius 2 is 2.05 bits per heavy atom. The van der Waals surface area contributed by atoms with Crippen LogP contribution in [0.2, 0.25) is 5.02 Å². The molecule has 7 heteroatoms. The highest BCUT2D eigenvalue weighted by Crippen LogP contribution is 2.25. The lowest BCUT2D eigenvalue weighted by Gasteiger charge is -2.15. The van der Waals surface area contributed by atoms with Gasteiger partial charge in [-0.25, -0.2) is 13.1 Å². The van der Waals surface area contributed by atoms with Crippen molar-refractivity contribution in [2.24, 2.45) is 0 Å². The van der Waals surface area contributed by atoms with Crippen molar-refractivity contribution in [1.82, 2.24) is 9.62 Å². The van der Waals surface area contributed by atoms with Gasteiger partial charge in [-0.2, -0.15) is 0 Å². The minimum atomic E-state index is -3.58. The molecule has 0 unspecified atom stereocenters. The van der Waals surface area contributed by atoms with Gasteiger partial charge in [0, 0.05) is 23.8 Å². The van der Waals surface area contributed by atoms with Crippen LogP contribution in [0, 0.1) is 6.92 Å². The Hall–Kier alpha value is -0.820. The van der Waals surface area contributed by atoms with E-state index in [2.05, 4.69) is 4.72 Å². The molecule has 0 aromatic heterocycles. The van der Waals surface area contributed by atoms with Crippen molar-refractivity contribution in [3.63, 3.8) is 0 Å². The normalized spacial score (nSPS) is 12.1. The van der Waals surface area contributed by atoms with Gasteiger partial charge < -0.3 is 10.6 Å². The molecular formula is C12H20ClN3O2S. The van der Waals surface area contributed by atoms with Gasteiger partial charge in [-0.05, 0) is 38.2 Å². The lowest BCUT2D eigenvalue weighted by molar-refractivity contribution is 0.358. The van der Waals surface area contributed by atoms with Crippen molar-refractivity contribution >= 4 is 27.3 Å². The van der Waals surface area contributed by atoms with Gasteiger partial charge in [-0.3, -0.25) is 0 Å². The van der Waals surface area contributed by atoms with Crippen LogP contribution in [0.25, 0.3) is 0 Å². The Balaban J connectivity index is 2.89. The number of hydrogen-bond acceptors (Lipinski definition) is 4. The molecule has 19 heavy (non-hydrogen) atoms. The highest BCUT2D eigenvalue weighted by molar-refractivity contribution is 7.89. The van der Waals surface area contributed by atoms with Crippen molar-refractivity contribution in [2.45, 2.75) is 18.7 Å². The fourth-order valence-corrected chi connectivity index (χ4v) is 3.17. The predicted octanol–water partition coefficient (Wildman–Crippen LogP) is 1.46. The summed E-state index contributed by atoms with van der Waals surface area (Å²) in [6.45, 7) is 5.53. The summed E-state index contributed by atoms with van der Waals surface area (Å²) in [6.07, 6.45) is 0. The molecule has 0 spiro atoms. The van der Waals surface area contributed by atoms with Gasteiger partial charge in [-0.1, -0.05) is 18.5 Å². The second-order valence-corrected chi connectivity index (χ2v) is 6.58. The van der Waals surface area contributed by atoms with E-state index in [9.17, 15) is 8.42 Å². The standard InChI is InChI=1S/C12H20ClN3O2S/c1-4-16(3)6-5-15-19(17,18)12-8-10(13)7-11(14)9(12)2/h7-8,15H,4-6,14H2,1-3H3. The minimum Gasteiger partial charge on any atom is -0.398 e. The molecule has 0 amide bonds. The van der Waals surface area contributed by atoms with E-state index in [1.54, 1.807) is 13.0 Å². The Morgan fingerprint density at radius 1 is 1.42 bits per heavy atom. The number of sulfonamides is 1. The van der Waals surface area contributed by atoms with Crippen LogP contribution in [0.3, 0.4) is 0 Å². The molecule has 3 N–H and O–H groups in total. The summed E-state index contributed by atoms with van der Waals surface area (Å²) in [7, 11) is -1.65. The molecule has 5 nitrogen and oxygen atoms in total. The van der Waals surface area contributed by atoms with Gasteiger partial charge >= 0.3 is 0 Å². The third kappa shape index (κ3) is 4.35. The zero-order valence-corrected chi connectivity index (χ0v) is 13.0. The van der Waals surface area contributed by atoms with E-state index < -0.39 is 10.0 Å². The van der Waals surface area contributed by atoms with Crippen molar-refractivity contribution < 1.29 is 8.42 Å². The smallest absolute Gasteiger partial charge is 0.241 e. The van der Waals surface area contributed by atoms with Crippen molar-refractivity contribution in [1.29, 1.82) is 0 Å². The fraction of sp³-hybridized carbons (Fsp3) is 0.500. The molecule has 0 saturated carbocycles. The monoisotopic (exact) mass is 305 g/mol. The molecule has 1 aromatic rings. The van der Waals surface area contributed by atoms with Gasteiger partial charge in [0.15, 0.2) is 0 Å². The second-order valence-electron chi connectivity index (χ2n) is 4.41. The van der Waals surface area contributed by atoms with E-state index in [1.165, 1.54) is 6.07 Å². The predicted molar refractivity (Wildman–Crippen MR) is 79.0 cm³/mol. The molecule has 0 aliphatic heterocycles. The summed E-state index contributed by atoms with van der Waals surface area (Å²) in [5.41, 5.74) is 6.62. The van der Waals surface area contributed by atoms with Crippen LogP contribution in [0.4, 0.5) is 5.69 Å². The summed E-state index contributed by atoms with van der Waals surface area (Å²) < 4.78 is 26.9. The number of halogens is 1. The zero-order valence-electron chi connectivity index (χ0n) is 11.4. The molecule has 0 heterocycles. The van der Waals surface area contributed by atoms with E-state index in [4.69, 9.17) is 17.3 Å². The third-order valence-corrected chi connectivity index (χ3v) is 4.79. The van der Waals surface area contributed by atoms with Crippen LogP contribution < -0.4 is 10.5 Å². The van der Waals surface area contributed by atoms with Gasteiger partial charge in [0.1, 0.15) is 0 Å². The highest BCUT2D eigenvalue weighted by atomic mass is 35.5. The number of nitrogens with one attached hydrogen (secondary N) is 1. The minimum absolute atomic E-state index is 0.136. The first-order chi connectivity index (χ1) is 8.77. The number of hydrogen-bond donors (Lipinski definition) is 2. The van der Waals surface area contributed by atoms with E-state index in [0.29, 0.717) is 29.4 Å². The molecule has 0 bridgehead atoms. The Bertz CT molecular complexity index is 546. The molecule has 1 rings (SSSR count). The number of rotatable bonds is 6. The van der Waals surface area contributed by atoms with Crippen LogP contribution in [0.1, 0.15) is 12.5 Å². The van der Waals surface area contributed by atoms with Crippen LogP contribution in [-0.2, 0) is 10.0 Å². The van der Waals surface area contributed by atoms with Gasteiger partial charge in [0.25, 0.3) is 0 Å². The number of anilines is 1. The Kier molecular flexibility index (Phi) is 5.61. The molecule has 0 radical (unpaired) electrons. The molecular weight excluding hydrogens is 286 g/mol. The first-order valence-electron chi connectivity index (χ1n) is 6.01. The quantitative estimate of drug-likeness (QED) is 0.780. The second kappa shape index (κ2) is 6.56. The maximum atomic E-state index is 12.2. The van der Waals surface area contributed by atoms with Crippen LogP contribution >= 0.6 is 11.6 Å². The van der Waals surface area contributed by atoms with Gasteiger partial charge in [0.05, 0.1) is 4.90 Å². The van der Waals surface area contributed by atoms with Crippen molar-refractivity contribution in [2.75, 3.05) is 32.4 Å². The fourth-order valence-electron chi connectivity index (χ4n) is 1.56. The molecule has 1 aromatic carbocycles. The highest BCUT2D eigenvalue weighted by Gasteiger charge is 2.18. The van der Waals surface area contributed by atoms with Crippen LogP contribution in [0.15, 0.2) is 17.0 Å². The number of nitrogens with zero attached hydrogens (tertiary/aromatic N) is 1. The van der Waals surface area contributed by atoms with Gasteiger partial charge in [-0.15, -0.1) is 0 Å². The van der Waals surface area contributed by atoms with Crippen molar-refractivity contribution in [3.8, 4) is 0 Å². The third-order valence-electron chi connectivity index (χ3n) is 2.98. The average molecular weight is 306 g/mol. The summed E-state index contributed by atoms with van der Waals surface area (Å²) >= 11 is 5.85. The van der Waals surface area contributed by atoms with Crippen molar-refractivity contribution in [3.05, 3.63) is 22.7 Å². The molecule has 108 valence electrons. The SMILES string of the molecule is CCN(C)CCNS(=O)(=O)c1cc(Cl)cc(N)c1C. The first-order valence-corrected chi connectivity index (χ1v) is 7.88. The topological polar surface area (TPSA) is 75.4 Å². The molecule has 0 fully saturated rings. The first kappa shape index (κ1) is 16.2. The lowest BCUT2D eigenvalue weighted by atomic mass is 10.2. The number of nitrogens with two attached hydrogens (primary N) is 1. The van der Waals surface area contributed by atoms with E-state index in [0.717, 1.165) is 6.54 Å². The molecule has 0 atom stereocenters. The largest absolute Gasteiger partial charge is 0.398 e. The summed E-state index contributed by atoms with van der Waals surface area (Å²) in [6, 6.07) is 2.96. The molecule has 0 aliphatic carbocycles. The Morgan fingerprint density at radius 3 is 2.63 bits per heavy atom. The summed E-state index contributed by atoms with van der Waals surface area (Å²) in [4.78, 5) is 2.15. The van der Waals surface area contributed by atoms with E-state index in [-0.39, 0.29) is 4.90 Å². The maximum Gasteiger partial charge on any atom is 0.241 e. The van der Waals surface area contributed by atoms with E-state index in [1.807, 2.05) is 18.9 Å².